The molecule has 23 heavy (non-hydrogen) atoms. The van der Waals surface area contributed by atoms with E-state index in [0.29, 0.717) is 11.4 Å². The monoisotopic (exact) mass is 311 g/mol. The molecular weight excluding hydrogens is 294 g/mol. The molecule has 0 fully saturated rings. The zero-order valence-corrected chi connectivity index (χ0v) is 13.0. The van der Waals surface area contributed by atoms with E-state index in [1.807, 2.05) is 18.2 Å². The number of rotatable bonds is 6. The molecule has 2 aromatic rings. The Kier molecular flexibility index (Phi) is 5.10. The zero-order chi connectivity index (χ0) is 16.8. The molecule has 0 bridgehead atoms. The molecular formula is C16H17N5O2. The third-order valence-corrected chi connectivity index (χ3v) is 3.45. The van der Waals surface area contributed by atoms with E-state index in [2.05, 4.69) is 29.0 Å². The predicted octanol–water partition coefficient (Wildman–Crippen LogP) is 3.45. The first-order valence-corrected chi connectivity index (χ1v) is 7.25. The van der Waals surface area contributed by atoms with Crippen molar-refractivity contribution in [2.75, 3.05) is 23.3 Å². The molecule has 1 heterocycles. The summed E-state index contributed by atoms with van der Waals surface area (Å²) < 4.78 is 0. The second-order valence-corrected chi connectivity index (χ2v) is 4.80. The molecule has 0 saturated heterocycles. The number of nitriles is 1. The summed E-state index contributed by atoms with van der Waals surface area (Å²) in [5.74, 6) is 0.879. The molecule has 118 valence electrons. The van der Waals surface area contributed by atoms with Gasteiger partial charge in [0.2, 0.25) is 0 Å². The summed E-state index contributed by atoms with van der Waals surface area (Å²) in [5.41, 5.74) is 1.33. The first kappa shape index (κ1) is 16.2. The van der Waals surface area contributed by atoms with E-state index in [-0.39, 0.29) is 11.3 Å². The molecule has 0 aliphatic rings. The quantitative estimate of drug-likeness (QED) is 0.648. The van der Waals surface area contributed by atoms with Gasteiger partial charge in [0.15, 0.2) is 0 Å². The number of nitrogens with one attached hydrogen (secondary N) is 1. The van der Waals surface area contributed by atoms with E-state index >= 15 is 0 Å². The van der Waals surface area contributed by atoms with Gasteiger partial charge in [-0.05, 0) is 32.0 Å². The van der Waals surface area contributed by atoms with Crippen molar-refractivity contribution in [2.45, 2.75) is 13.8 Å². The lowest BCUT2D eigenvalue weighted by molar-refractivity contribution is -0.384. The second-order valence-electron chi connectivity index (χ2n) is 4.80. The highest BCUT2D eigenvalue weighted by atomic mass is 16.6. The first-order valence-electron chi connectivity index (χ1n) is 7.25. The van der Waals surface area contributed by atoms with Gasteiger partial charge in [-0.25, -0.2) is 4.98 Å². The number of nitro groups is 1. The number of non-ortho nitro benzene ring substituents is 1. The minimum absolute atomic E-state index is 0.109. The van der Waals surface area contributed by atoms with Crippen LogP contribution in [0, 0.1) is 21.4 Å². The van der Waals surface area contributed by atoms with Crippen LogP contribution in [0.15, 0.2) is 36.5 Å². The topological polar surface area (TPSA) is 95.1 Å². The average Bonchev–Trinajstić information content (AvgIpc) is 2.57. The van der Waals surface area contributed by atoms with Gasteiger partial charge in [-0.1, -0.05) is 0 Å². The van der Waals surface area contributed by atoms with Crippen LogP contribution in [0.4, 0.5) is 22.9 Å². The van der Waals surface area contributed by atoms with Crippen LogP contribution in [-0.4, -0.2) is 23.0 Å². The number of nitrogens with zero attached hydrogens (tertiary/aromatic N) is 4. The first-order chi connectivity index (χ1) is 11.1. The second kappa shape index (κ2) is 7.22. The molecule has 0 amide bonds. The number of anilines is 3. The minimum atomic E-state index is -0.523. The van der Waals surface area contributed by atoms with E-state index in [1.165, 1.54) is 18.2 Å². The van der Waals surface area contributed by atoms with Crippen molar-refractivity contribution < 1.29 is 4.92 Å². The van der Waals surface area contributed by atoms with Crippen LogP contribution in [-0.2, 0) is 0 Å². The van der Waals surface area contributed by atoms with E-state index in [9.17, 15) is 10.1 Å². The number of benzene rings is 1. The Morgan fingerprint density at radius 2 is 2.04 bits per heavy atom. The molecule has 0 aliphatic carbocycles. The van der Waals surface area contributed by atoms with Crippen molar-refractivity contribution in [3.63, 3.8) is 0 Å². The lowest BCUT2D eigenvalue weighted by atomic mass is 10.1. The summed E-state index contributed by atoms with van der Waals surface area (Å²) in [7, 11) is 0. The predicted molar refractivity (Wildman–Crippen MR) is 88.9 cm³/mol. The van der Waals surface area contributed by atoms with Gasteiger partial charge in [-0.2, -0.15) is 5.26 Å². The Balaban J connectivity index is 2.22. The third kappa shape index (κ3) is 3.74. The number of hydrogen-bond donors (Lipinski definition) is 1. The van der Waals surface area contributed by atoms with Gasteiger partial charge >= 0.3 is 0 Å². The fourth-order valence-electron chi connectivity index (χ4n) is 2.20. The van der Waals surface area contributed by atoms with Crippen LogP contribution in [0.2, 0.25) is 0 Å². The Bertz CT molecular complexity index is 733. The zero-order valence-electron chi connectivity index (χ0n) is 13.0. The smallest absolute Gasteiger partial charge is 0.270 e. The molecule has 0 unspecified atom stereocenters. The van der Waals surface area contributed by atoms with Crippen LogP contribution in [0.3, 0.4) is 0 Å². The fourth-order valence-corrected chi connectivity index (χ4v) is 2.20. The SMILES string of the molecule is CCN(CC)c1ccc(Nc2ccc([N+](=O)[O-])cc2C#N)cn1. The van der Waals surface area contributed by atoms with Gasteiger partial charge in [0.05, 0.1) is 28.1 Å². The van der Waals surface area contributed by atoms with E-state index < -0.39 is 4.92 Å². The van der Waals surface area contributed by atoms with Crippen molar-refractivity contribution in [3.05, 3.63) is 52.2 Å². The van der Waals surface area contributed by atoms with Crippen molar-refractivity contribution >= 4 is 22.9 Å². The van der Waals surface area contributed by atoms with E-state index in [1.54, 1.807) is 6.20 Å². The third-order valence-electron chi connectivity index (χ3n) is 3.45. The number of pyridine rings is 1. The summed E-state index contributed by atoms with van der Waals surface area (Å²) in [6.45, 7) is 5.87. The summed E-state index contributed by atoms with van der Waals surface area (Å²) in [5, 5.41) is 23.0. The summed E-state index contributed by atoms with van der Waals surface area (Å²) in [6.07, 6.45) is 1.68. The molecule has 1 N–H and O–H groups in total. The normalized spacial score (nSPS) is 9.96. The Hall–Kier alpha value is -3.14. The highest BCUT2D eigenvalue weighted by Crippen LogP contribution is 2.25. The Labute approximate surface area is 134 Å². The molecule has 0 aliphatic heterocycles. The molecule has 1 aromatic heterocycles. The van der Waals surface area contributed by atoms with Crippen LogP contribution in [0.25, 0.3) is 0 Å². The Morgan fingerprint density at radius 1 is 1.30 bits per heavy atom. The highest BCUT2D eigenvalue weighted by Gasteiger charge is 2.11. The lowest BCUT2D eigenvalue weighted by Crippen LogP contribution is -2.22. The highest BCUT2D eigenvalue weighted by molar-refractivity contribution is 5.68. The van der Waals surface area contributed by atoms with Crippen molar-refractivity contribution in [3.8, 4) is 6.07 Å². The summed E-state index contributed by atoms with van der Waals surface area (Å²) in [4.78, 5) is 16.7. The van der Waals surface area contributed by atoms with E-state index in [4.69, 9.17) is 5.26 Å². The van der Waals surface area contributed by atoms with Crippen molar-refractivity contribution in [1.29, 1.82) is 5.26 Å². The Morgan fingerprint density at radius 3 is 2.57 bits per heavy atom. The van der Waals surface area contributed by atoms with Gasteiger partial charge in [0, 0.05) is 25.2 Å². The largest absolute Gasteiger partial charge is 0.357 e. The molecule has 0 spiro atoms. The van der Waals surface area contributed by atoms with Crippen molar-refractivity contribution in [1.82, 2.24) is 4.98 Å². The van der Waals surface area contributed by atoms with Gasteiger partial charge in [-0.15, -0.1) is 0 Å². The average molecular weight is 311 g/mol. The van der Waals surface area contributed by atoms with Gasteiger partial charge in [0.1, 0.15) is 11.9 Å². The van der Waals surface area contributed by atoms with Crippen LogP contribution >= 0.6 is 0 Å². The maximum atomic E-state index is 10.8. The number of nitro benzene ring substituents is 1. The standard InChI is InChI=1S/C16H17N5O2/c1-3-20(4-2)16-8-5-13(11-18-16)19-15-7-6-14(21(22)23)9-12(15)10-17/h5-9,11,19H,3-4H2,1-2H3. The molecule has 7 nitrogen and oxygen atoms in total. The molecule has 0 saturated carbocycles. The van der Waals surface area contributed by atoms with Gasteiger partial charge in [-0.3, -0.25) is 10.1 Å². The summed E-state index contributed by atoms with van der Waals surface area (Å²) in [6, 6.07) is 9.86. The van der Waals surface area contributed by atoms with Crippen molar-refractivity contribution in [2.24, 2.45) is 0 Å². The van der Waals surface area contributed by atoms with Crippen LogP contribution in [0.1, 0.15) is 19.4 Å². The van der Waals surface area contributed by atoms with Gasteiger partial charge in [0.25, 0.3) is 5.69 Å². The van der Waals surface area contributed by atoms with Crippen LogP contribution in [0.5, 0.6) is 0 Å². The van der Waals surface area contributed by atoms with E-state index in [0.717, 1.165) is 18.9 Å². The lowest BCUT2D eigenvalue weighted by Gasteiger charge is -2.19. The van der Waals surface area contributed by atoms with Gasteiger partial charge < -0.3 is 10.2 Å². The molecule has 0 radical (unpaired) electrons. The number of aromatic nitrogens is 1. The maximum absolute atomic E-state index is 10.8. The number of hydrogen-bond acceptors (Lipinski definition) is 6. The maximum Gasteiger partial charge on any atom is 0.270 e. The molecule has 7 heteroatoms. The molecule has 1 aromatic carbocycles. The fraction of sp³-hybridized carbons (Fsp3) is 0.250. The summed E-state index contributed by atoms with van der Waals surface area (Å²) >= 11 is 0. The molecule has 0 atom stereocenters. The van der Waals surface area contributed by atoms with Crippen LogP contribution < -0.4 is 10.2 Å². The minimum Gasteiger partial charge on any atom is -0.357 e. The molecule has 2 rings (SSSR count).